The van der Waals surface area contributed by atoms with Crippen LogP contribution in [0.4, 0.5) is 0 Å². The van der Waals surface area contributed by atoms with Crippen molar-refractivity contribution in [2.24, 2.45) is 0 Å². The van der Waals surface area contributed by atoms with Crippen molar-refractivity contribution >= 4 is 0 Å². The zero-order valence-corrected chi connectivity index (χ0v) is 6.92. The molecule has 11 heavy (non-hydrogen) atoms. The summed E-state index contributed by atoms with van der Waals surface area (Å²) in [7, 11) is 0. The highest BCUT2D eigenvalue weighted by Gasteiger charge is 2.12. The van der Waals surface area contributed by atoms with Gasteiger partial charge in [-0.15, -0.1) is 6.58 Å². The molecule has 0 saturated heterocycles. The quantitative estimate of drug-likeness (QED) is 0.616. The van der Waals surface area contributed by atoms with Crippen LogP contribution in [0.2, 0.25) is 0 Å². The maximum Gasteiger partial charge on any atom is 0.0750 e. The summed E-state index contributed by atoms with van der Waals surface area (Å²) in [5.74, 6) is 0. The van der Waals surface area contributed by atoms with E-state index in [1.807, 2.05) is 6.08 Å². The van der Waals surface area contributed by atoms with Crippen LogP contribution in [0.1, 0.15) is 32.1 Å². The lowest BCUT2D eigenvalue weighted by atomic mass is 9.93. The molecule has 0 spiro atoms. The SMILES string of the molecule is C=CCCC1=CCCC[C@@H]1O. The summed E-state index contributed by atoms with van der Waals surface area (Å²) in [5.41, 5.74) is 1.22. The number of aliphatic hydroxyl groups excluding tert-OH is 1. The second-order valence-corrected chi connectivity index (χ2v) is 3.05. The molecule has 62 valence electrons. The summed E-state index contributed by atoms with van der Waals surface area (Å²) >= 11 is 0. The molecule has 1 aliphatic carbocycles. The molecule has 0 unspecified atom stereocenters. The van der Waals surface area contributed by atoms with Crippen LogP contribution in [0.25, 0.3) is 0 Å². The van der Waals surface area contributed by atoms with Gasteiger partial charge in [0.15, 0.2) is 0 Å². The number of rotatable bonds is 3. The van der Waals surface area contributed by atoms with E-state index in [1.54, 1.807) is 0 Å². The normalized spacial score (nSPS) is 24.5. The van der Waals surface area contributed by atoms with Crippen LogP contribution in [-0.4, -0.2) is 11.2 Å². The second kappa shape index (κ2) is 4.35. The van der Waals surface area contributed by atoms with Gasteiger partial charge in [0.25, 0.3) is 0 Å². The van der Waals surface area contributed by atoms with Gasteiger partial charge in [-0.3, -0.25) is 0 Å². The molecule has 0 aromatic rings. The molecular formula is C10H16O. The van der Waals surface area contributed by atoms with Gasteiger partial charge < -0.3 is 5.11 Å². The number of hydrogen-bond donors (Lipinski definition) is 1. The molecule has 0 aliphatic heterocycles. The molecule has 1 N–H and O–H groups in total. The number of allylic oxidation sites excluding steroid dienone is 2. The van der Waals surface area contributed by atoms with Crippen LogP contribution in [0.5, 0.6) is 0 Å². The summed E-state index contributed by atoms with van der Waals surface area (Å²) in [6.07, 6.45) is 9.13. The maximum atomic E-state index is 9.49. The molecule has 0 heterocycles. The third-order valence-electron chi connectivity index (χ3n) is 2.15. The van der Waals surface area contributed by atoms with Crippen molar-refractivity contribution in [3.63, 3.8) is 0 Å². The van der Waals surface area contributed by atoms with Crippen molar-refractivity contribution in [1.82, 2.24) is 0 Å². The van der Waals surface area contributed by atoms with Gasteiger partial charge in [0, 0.05) is 0 Å². The lowest BCUT2D eigenvalue weighted by molar-refractivity contribution is 0.187. The summed E-state index contributed by atoms with van der Waals surface area (Å²) in [6, 6.07) is 0. The van der Waals surface area contributed by atoms with Crippen LogP contribution in [0, 0.1) is 0 Å². The Bertz CT molecular complexity index is 158. The lowest BCUT2D eigenvalue weighted by Gasteiger charge is -2.18. The average Bonchev–Trinajstić information content (AvgIpc) is 2.03. The highest BCUT2D eigenvalue weighted by molar-refractivity contribution is 5.11. The Kier molecular flexibility index (Phi) is 3.37. The van der Waals surface area contributed by atoms with Gasteiger partial charge in [0.1, 0.15) is 0 Å². The fraction of sp³-hybridized carbons (Fsp3) is 0.600. The van der Waals surface area contributed by atoms with E-state index in [4.69, 9.17) is 0 Å². The minimum Gasteiger partial charge on any atom is -0.389 e. The Morgan fingerprint density at radius 1 is 1.73 bits per heavy atom. The van der Waals surface area contributed by atoms with E-state index in [0.717, 1.165) is 32.1 Å². The second-order valence-electron chi connectivity index (χ2n) is 3.05. The van der Waals surface area contributed by atoms with E-state index in [-0.39, 0.29) is 6.10 Å². The van der Waals surface area contributed by atoms with Crippen LogP contribution in [0.15, 0.2) is 24.3 Å². The van der Waals surface area contributed by atoms with E-state index < -0.39 is 0 Å². The zero-order chi connectivity index (χ0) is 8.10. The largest absolute Gasteiger partial charge is 0.389 e. The minimum atomic E-state index is -0.163. The van der Waals surface area contributed by atoms with Gasteiger partial charge in [-0.1, -0.05) is 12.2 Å². The zero-order valence-electron chi connectivity index (χ0n) is 6.92. The van der Waals surface area contributed by atoms with Crippen molar-refractivity contribution in [2.45, 2.75) is 38.2 Å². The third kappa shape index (κ3) is 2.51. The third-order valence-corrected chi connectivity index (χ3v) is 2.15. The molecule has 0 bridgehead atoms. The van der Waals surface area contributed by atoms with E-state index in [0.29, 0.717) is 0 Å². The smallest absolute Gasteiger partial charge is 0.0750 e. The number of hydrogen-bond acceptors (Lipinski definition) is 1. The Morgan fingerprint density at radius 2 is 2.55 bits per heavy atom. The van der Waals surface area contributed by atoms with Gasteiger partial charge in [-0.2, -0.15) is 0 Å². The van der Waals surface area contributed by atoms with Crippen molar-refractivity contribution < 1.29 is 5.11 Å². The predicted octanol–water partition coefficient (Wildman–Crippen LogP) is 2.42. The molecule has 0 fully saturated rings. The van der Waals surface area contributed by atoms with Crippen LogP contribution in [0.3, 0.4) is 0 Å². The van der Waals surface area contributed by atoms with Gasteiger partial charge in [0.05, 0.1) is 6.10 Å². The Balaban J connectivity index is 2.40. The fourth-order valence-electron chi connectivity index (χ4n) is 1.46. The van der Waals surface area contributed by atoms with Gasteiger partial charge in [-0.05, 0) is 37.7 Å². The highest BCUT2D eigenvalue weighted by atomic mass is 16.3. The number of aliphatic hydroxyl groups is 1. The molecule has 1 atom stereocenters. The molecule has 0 aromatic carbocycles. The molecule has 0 amide bonds. The van der Waals surface area contributed by atoms with Gasteiger partial charge >= 0.3 is 0 Å². The van der Waals surface area contributed by atoms with E-state index in [1.165, 1.54) is 5.57 Å². The monoisotopic (exact) mass is 152 g/mol. The average molecular weight is 152 g/mol. The van der Waals surface area contributed by atoms with Crippen molar-refractivity contribution in [3.05, 3.63) is 24.3 Å². The molecule has 0 radical (unpaired) electrons. The highest BCUT2D eigenvalue weighted by Crippen LogP contribution is 2.21. The van der Waals surface area contributed by atoms with Gasteiger partial charge in [0.2, 0.25) is 0 Å². The summed E-state index contributed by atoms with van der Waals surface area (Å²) < 4.78 is 0. The summed E-state index contributed by atoms with van der Waals surface area (Å²) in [4.78, 5) is 0. The molecule has 0 aromatic heterocycles. The molecule has 0 saturated carbocycles. The minimum absolute atomic E-state index is 0.163. The first-order valence-corrected chi connectivity index (χ1v) is 4.32. The Hall–Kier alpha value is -0.560. The molecule has 1 nitrogen and oxygen atoms in total. The Labute approximate surface area is 68.4 Å². The van der Waals surface area contributed by atoms with E-state index in [2.05, 4.69) is 12.7 Å². The maximum absolute atomic E-state index is 9.49. The topological polar surface area (TPSA) is 20.2 Å². The Morgan fingerprint density at radius 3 is 3.18 bits per heavy atom. The fourth-order valence-corrected chi connectivity index (χ4v) is 1.46. The van der Waals surface area contributed by atoms with Crippen LogP contribution >= 0.6 is 0 Å². The predicted molar refractivity (Wildman–Crippen MR) is 47.4 cm³/mol. The molecule has 1 heteroatoms. The van der Waals surface area contributed by atoms with Crippen LogP contribution < -0.4 is 0 Å². The van der Waals surface area contributed by atoms with E-state index in [9.17, 15) is 5.11 Å². The molecular weight excluding hydrogens is 136 g/mol. The van der Waals surface area contributed by atoms with Gasteiger partial charge in [-0.25, -0.2) is 0 Å². The van der Waals surface area contributed by atoms with Crippen molar-refractivity contribution in [2.75, 3.05) is 0 Å². The van der Waals surface area contributed by atoms with E-state index >= 15 is 0 Å². The molecule has 1 aliphatic rings. The standard InChI is InChI=1S/C10H16O/c1-2-3-6-9-7-4-5-8-10(9)11/h2,7,10-11H,1,3-6,8H2/t10-/m0/s1. The van der Waals surface area contributed by atoms with Crippen molar-refractivity contribution in [1.29, 1.82) is 0 Å². The first-order chi connectivity index (χ1) is 5.34. The first-order valence-electron chi connectivity index (χ1n) is 4.32. The summed E-state index contributed by atoms with van der Waals surface area (Å²) in [6.45, 7) is 3.66. The van der Waals surface area contributed by atoms with Crippen molar-refractivity contribution in [3.8, 4) is 0 Å². The van der Waals surface area contributed by atoms with Crippen LogP contribution in [-0.2, 0) is 0 Å². The first kappa shape index (κ1) is 8.54. The molecule has 1 rings (SSSR count). The lowest BCUT2D eigenvalue weighted by Crippen LogP contribution is -2.13. The summed E-state index contributed by atoms with van der Waals surface area (Å²) in [5, 5.41) is 9.49.